The van der Waals surface area contributed by atoms with Gasteiger partial charge in [0.1, 0.15) is 6.10 Å². The number of carbonyl (C=O) groups excluding carboxylic acids is 1. The average molecular weight is 549 g/mol. The van der Waals surface area contributed by atoms with Crippen LogP contribution in [0.5, 0.6) is 0 Å². The zero-order chi connectivity index (χ0) is 28.0. The molecule has 4 rings (SSSR count). The average Bonchev–Trinajstić information content (AvgIpc) is 3.42. The number of hydrogen-bond donors (Lipinski definition) is 1. The Labute approximate surface area is 237 Å². The molecule has 4 nitrogen and oxygen atoms in total. The standard InChI is InChI=1S/C34H48O4Si/c1-6-7-8-9-16-21-32(37-25(2)35)33-30-24-27(22-26(30)23-31(33)36)38-39(34(3,4)5,28-17-12-10-13-18-28)29-19-14-11-15-20-29/h10-21,26-27,30-33,36H,6-9,22-24H2,1-5H3/b21-16+/t26-,27-,30-,31+,32+,33+/m0/s1. The first-order valence-electron chi connectivity index (χ1n) is 15.0. The number of benzene rings is 2. The monoisotopic (exact) mass is 548 g/mol. The molecule has 2 aromatic rings. The number of esters is 1. The van der Waals surface area contributed by atoms with Gasteiger partial charge in [-0.3, -0.25) is 4.79 Å². The van der Waals surface area contributed by atoms with Gasteiger partial charge in [-0.1, -0.05) is 107 Å². The summed E-state index contributed by atoms with van der Waals surface area (Å²) in [6, 6.07) is 21.6. The van der Waals surface area contributed by atoms with Crippen molar-refractivity contribution in [3.8, 4) is 0 Å². The first-order chi connectivity index (χ1) is 18.7. The van der Waals surface area contributed by atoms with Crippen LogP contribution in [0.4, 0.5) is 0 Å². The highest BCUT2D eigenvalue weighted by molar-refractivity contribution is 6.99. The highest BCUT2D eigenvalue weighted by atomic mass is 28.4. The molecular weight excluding hydrogens is 500 g/mol. The van der Waals surface area contributed by atoms with E-state index in [1.54, 1.807) is 0 Å². The van der Waals surface area contributed by atoms with Crippen LogP contribution in [0.15, 0.2) is 72.8 Å². The molecule has 0 heterocycles. The van der Waals surface area contributed by atoms with E-state index in [9.17, 15) is 9.90 Å². The SMILES string of the molecule is CCCCC/C=C/[C@@H](OC(C)=O)[C@@H]1[C@H]2C[C@@H](O[Si](c3ccccc3)(c3ccccc3)C(C)(C)C)C[C@H]2C[C@H]1O. The molecule has 0 amide bonds. The van der Waals surface area contributed by atoms with Crippen molar-refractivity contribution in [1.29, 1.82) is 0 Å². The summed E-state index contributed by atoms with van der Waals surface area (Å²) in [5, 5.41) is 13.7. The lowest BCUT2D eigenvalue weighted by Crippen LogP contribution is -2.67. The lowest BCUT2D eigenvalue weighted by molar-refractivity contribution is -0.148. The zero-order valence-corrected chi connectivity index (χ0v) is 25.5. The minimum atomic E-state index is -2.65. The van der Waals surface area contributed by atoms with Crippen molar-refractivity contribution in [1.82, 2.24) is 0 Å². The number of ether oxygens (including phenoxy) is 1. The maximum atomic E-state index is 12.1. The number of fused-ring (bicyclic) bond motifs is 1. The Balaban J connectivity index is 1.61. The summed E-state index contributed by atoms with van der Waals surface area (Å²) in [5.41, 5.74) is 0. The van der Waals surface area contributed by atoms with Gasteiger partial charge in [-0.2, -0.15) is 0 Å². The second-order valence-corrected chi connectivity index (χ2v) is 16.9. The van der Waals surface area contributed by atoms with Gasteiger partial charge >= 0.3 is 5.97 Å². The summed E-state index contributed by atoms with van der Waals surface area (Å²) in [5.74, 6) is 0.272. The molecule has 2 aliphatic carbocycles. The summed E-state index contributed by atoms with van der Waals surface area (Å²) in [4.78, 5) is 12.1. The molecule has 5 heteroatoms. The summed E-state index contributed by atoms with van der Waals surface area (Å²) < 4.78 is 13.3. The van der Waals surface area contributed by atoms with Crippen LogP contribution in [0.25, 0.3) is 0 Å². The molecule has 1 N–H and O–H groups in total. The summed E-state index contributed by atoms with van der Waals surface area (Å²) in [7, 11) is -2.65. The molecular formula is C34H48O4Si. The van der Waals surface area contributed by atoms with Crippen LogP contribution in [0.2, 0.25) is 5.04 Å². The van der Waals surface area contributed by atoms with Crippen LogP contribution in [-0.2, 0) is 14.0 Å². The summed E-state index contributed by atoms with van der Waals surface area (Å²) in [6.45, 7) is 10.6. The second-order valence-electron chi connectivity index (χ2n) is 12.7. The van der Waals surface area contributed by atoms with Gasteiger partial charge in [0.05, 0.1) is 6.10 Å². The van der Waals surface area contributed by atoms with E-state index in [0.29, 0.717) is 5.92 Å². The van der Waals surface area contributed by atoms with Crippen molar-refractivity contribution < 1.29 is 19.1 Å². The molecule has 0 aromatic heterocycles. The Hall–Kier alpha value is -2.21. The minimum absolute atomic E-state index is 0.0756. The van der Waals surface area contributed by atoms with Gasteiger partial charge in [-0.15, -0.1) is 0 Å². The number of hydrogen-bond acceptors (Lipinski definition) is 4. The fraction of sp³-hybridized carbons (Fsp3) is 0.559. The topological polar surface area (TPSA) is 55.8 Å². The highest BCUT2D eigenvalue weighted by Gasteiger charge is 2.56. The van der Waals surface area contributed by atoms with Gasteiger partial charge in [0.2, 0.25) is 0 Å². The van der Waals surface area contributed by atoms with Crippen molar-refractivity contribution in [2.75, 3.05) is 0 Å². The Morgan fingerprint density at radius 2 is 1.62 bits per heavy atom. The Morgan fingerprint density at radius 3 is 2.15 bits per heavy atom. The van der Waals surface area contributed by atoms with E-state index in [1.807, 2.05) is 6.08 Å². The van der Waals surface area contributed by atoms with Crippen LogP contribution in [-0.4, -0.2) is 37.7 Å². The van der Waals surface area contributed by atoms with E-state index >= 15 is 0 Å². The first-order valence-corrected chi connectivity index (χ1v) is 16.9. The van der Waals surface area contributed by atoms with E-state index in [2.05, 4.69) is 94.4 Å². The Kier molecular flexibility index (Phi) is 9.90. The number of carbonyl (C=O) groups is 1. The van der Waals surface area contributed by atoms with Gasteiger partial charge in [0.15, 0.2) is 0 Å². The van der Waals surface area contributed by atoms with Crippen molar-refractivity contribution >= 4 is 24.7 Å². The lowest BCUT2D eigenvalue weighted by atomic mass is 9.86. The molecule has 2 fully saturated rings. The molecule has 0 spiro atoms. The molecule has 0 radical (unpaired) electrons. The van der Waals surface area contributed by atoms with E-state index in [0.717, 1.165) is 32.1 Å². The first kappa shape index (κ1) is 29.8. The van der Waals surface area contributed by atoms with Gasteiger partial charge < -0.3 is 14.3 Å². The van der Waals surface area contributed by atoms with Crippen LogP contribution < -0.4 is 10.4 Å². The normalized spacial score (nSPS) is 26.1. The van der Waals surface area contributed by atoms with Crippen LogP contribution in [0.1, 0.15) is 79.6 Å². The Bertz CT molecular complexity index is 1040. The van der Waals surface area contributed by atoms with Gasteiger partial charge in [-0.05, 0) is 65.4 Å². The molecule has 0 aliphatic heterocycles. The number of aliphatic hydroxyl groups is 1. The molecule has 212 valence electrons. The molecule has 6 atom stereocenters. The van der Waals surface area contributed by atoms with Crippen molar-refractivity contribution in [2.24, 2.45) is 17.8 Å². The molecule has 0 bridgehead atoms. The van der Waals surface area contributed by atoms with Crippen LogP contribution in [0, 0.1) is 17.8 Å². The quantitative estimate of drug-likeness (QED) is 0.153. The van der Waals surface area contributed by atoms with Crippen LogP contribution >= 0.6 is 0 Å². The van der Waals surface area contributed by atoms with E-state index < -0.39 is 14.4 Å². The Morgan fingerprint density at radius 1 is 1.00 bits per heavy atom. The molecule has 39 heavy (non-hydrogen) atoms. The molecule has 0 saturated heterocycles. The number of aliphatic hydroxyl groups excluding tert-OH is 1. The molecule has 2 aliphatic rings. The maximum absolute atomic E-state index is 12.1. The minimum Gasteiger partial charge on any atom is -0.458 e. The van der Waals surface area contributed by atoms with Crippen molar-refractivity contribution in [3.05, 3.63) is 72.8 Å². The number of allylic oxidation sites excluding steroid dienone is 1. The maximum Gasteiger partial charge on any atom is 0.303 e. The largest absolute Gasteiger partial charge is 0.458 e. The fourth-order valence-electron chi connectivity index (χ4n) is 7.28. The van der Waals surface area contributed by atoms with Gasteiger partial charge in [0.25, 0.3) is 8.32 Å². The third-order valence-corrected chi connectivity index (χ3v) is 14.0. The predicted octanol–water partition coefficient (Wildman–Crippen LogP) is 6.41. The van der Waals surface area contributed by atoms with Gasteiger partial charge in [-0.25, -0.2) is 0 Å². The van der Waals surface area contributed by atoms with E-state index in [4.69, 9.17) is 9.16 Å². The smallest absolute Gasteiger partial charge is 0.303 e. The second kappa shape index (κ2) is 13.0. The van der Waals surface area contributed by atoms with Gasteiger partial charge in [0, 0.05) is 18.9 Å². The fourth-order valence-corrected chi connectivity index (χ4v) is 12.0. The van der Waals surface area contributed by atoms with Crippen LogP contribution in [0.3, 0.4) is 0 Å². The summed E-state index contributed by atoms with van der Waals surface area (Å²) >= 11 is 0. The number of rotatable bonds is 11. The molecule has 2 saturated carbocycles. The lowest BCUT2D eigenvalue weighted by Gasteiger charge is -2.45. The zero-order valence-electron chi connectivity index (χ0n) is 24.5. The molecule has 0 unspecified atom stereocenters. The van der Waals surface area contributed by atoms with E-state index in [-0.39, 0.29) is 35.1 Å². The third kappa shape index (κ3) is 6.58. The molecule has 2 aromatic carbocycles. The number of unbranched alkanes of at least 4 members (excludes halogenated alkanes) is 3. The third-order valence-electron chi connectivity index (χ3n) is 8.93. The van der Waals surface area contributed by atoms with Crippen molar-refractivity contribution in [2.45, 2.75) is 103 Å². The predicted molar refractivity (Wildman–Crippen MR) is 162 cm³/mol. The highest BCUT2D eigenvalue weighted by Crippen LogP contribution is 2.52. The van der Waals surface area contributed by atoms with E-state index in [1.165, 1.54) is 30.1 Å². The van der Waals surface area contributed by atoms with Crippen molar-refractivity contribution in [3.63, 3.8) is 0 Å². The summed E-state index contributed by atoms with van der Waals surface area (Å²) in [6.07, 6.45) is 10.5.